The van der Waals surface area contributed by atoms with Crippen LogP contribution in [0, 0.1) is 0 Å². The minimum Gasteiger partial charge on any atom is -0.491 e. The summed E-state index contributed by atoms with van der Waals surface area (Å²) in [6, 6.07) is 5.48. The monoisotopic (exact) mass is 158 g/mol. The van der Waals surface area contributed by atoms with Crippen molar-refractivity contribution >= 4 is 5.69 Å². The molecule has 1 aromatic rings. The molecule has 0 bridgehead atoms. The van der Waals surface area contributed by atoms with Gasteiger partial charge in [0.2, 0.25) is 0 Å². The van der Waals surface area contributed by atoms with Gasteiger partial charge >= 0.3 is 0 Å². The Balaban J connectivity index is 3.12. The van der Waals surface area contributed by atoms with Crippen LogP contribution < -0.4 is 10.5 Å². The smallest absolute Gasteiger partial charge is 0.119 e. The van der Waals surface area contributed by atoms with E-state index >= 15 is 0 Å². The Kier molecular flexibility index (Phi) is 0.806. The molecule has 0 aliphatic carbocycles. The number of nitrogens with two attached hydrogens (primary N) is 1. The maximum Gasteiger partial charge on any atom is 0.119 e. The molecule has 2 nitrogen and oxygen atoms in total. The molecule has 0 atom stereocenters. The van der Waals surface area contributed by atoms with Crippen molar-refractivity contribution in [3.8, 4) is 5.75 Å². The van der Waals surface area contributed by atoms with E-state index in [-0.39, 0.29) is 5.75 Å². The van der Waals surface area contributed by atoms with E-state index in [1.807, 2.05) is 0 Å². The highest BCUT2D eigenvalue weighted by Gasteiger charge is 1.94. The minimum atomic E-state index is -3.11. The number of hydrogen-bond donors (Lipinski definition) is 1. The Hall–Kier alpha value is -1.18. The second-order valence-electron chi connectivity index (χ2n) is 2.00. The van der Waals surface area contributed by atoms with E-state index < -0.39 is 19.8 Å². The Morgan fingerprint density at radius 1 is 1.45 bits per heavy atom. The minimum absolute atomic E-state index is 0.0357. The third-order valence-electron chi connectivity index (χ3n) is 1.10. The second-order valence-corrected chi connectivity index (χ2v) is 2.00. The fraction of sp³-hybridized carbons (Fsp3) is 0.333. The van der Waals surface area contributed by atoms with Crippen LogP contribution in [-0.2, 0) is 0 Å². The van der Waals surface area contributed by atoms with Crippen molar-refractivity contribution in [1.29, 1.82) is 0 Å². The fourth-order valence-electron chi connectivity index (χ4n) is 0.654. The topological polar surface area (TPSA) is 35.2 Å². The van der Waals surface area contributed by atoms with Gasteiger partial charge in [0, 0.05) is 13.9 Å². The summed E-state index contributed by atoms with van der Waals surface area (Å²) in [6.45, 7) is -6.22. The van der Waals surface area contributed by atoms with Crippen LogP contribution >= 0.6 is 0 Å². The van der Waals surface area contributed by atoms with Crippen molar-refractivity contribution in [3.05, 3.63) is 24.3 Å². The van der Waals surface area contributed by atoms with Gasteiger partial charge in [-0.1, -0.05) is 0 Å². The molecular weight excluding hydrogens is 138 g/mol. The molecule has 11 heavy (non-hydrogen) atoms. The number of rotatable bonds is 2. The maximum absolute atomic E-state index is 7.64. The van der Waals surface area contributed by atoms with Crippen LogP contribution in [0.25, 0.3) is 0 Å². The average Bonchev–Trinajstić information content (AvgIpc) is 2.18. The molecule has 0 unspecified atom stereocenters. The summed E-state index contributed by atoms with van der Waals surface area (Å²) < 4.78 is 55.5. The maximum atomic E-state index is 7.64. The summed E-state index contributed by atoms with van der Waals surface area (Å²) in [4.78, 5) is 0. The lowest BCUT2D eigenvalue weighted by Crippen LogP contribution is -2.05. The van der Waals surface area contributed by atoms with Gasteiger partial charge in [-0.05, 0) is 38.0 Å². The van der Waals surface area contributed by atoms with Crippen molar-refractivity contribution in [2.75, 3.05) is 5.73 Å². The molecule has 0 fully saturated rings. The lowest BCUT2D eigenvalue weighted by Gasteiger charge is -2.08. The fourth-order valence-corrected chi connectivity index (χ4v) is 0.654. The van der Waals surface area contributed by atoms with Crippen molar-refractivity contribution in [3.63, 3.8) is 0 Å². The molecule has 0 aliphatic rings. The highest BCUT2D eigenvalue weighted by molar-refractivity contribution is 5.41. The number of hydrogen-bond acceptors (Lipinski definition) is 2. The summed E-state index contributed by atoms with van der Waals surface area (Å²) in [5, 5.41) is 0. The van der Waals surface area contributed by atoms with Gasteiger partial charge in [-0.15, -0.1) is 0 Å². The van der Waals surface area contributed by atoms with E-state index in [0.29, 0.717) is 5.69 Å². The molecule has 0 aliphatic heterocycles. The molecule has 60 valence electrons. The normalized spacial score (nSPS) is 22.7. The molecule has 0 aromatic heterocycles. The summed E-state index contributed by atoms with van der Waals surface area (Å²) in [5.74, 6) is -0.0357. The van der Waals surface area contributed by atoms with Crippen LogP contribution in [-0.4, -0.2) is 6.08 Å². The zero-order chi connectivity index (χ0) is 14.2. The van der Waals surface area contributed by atoms with Crippen molar-refractivity contribution in [2.24, 2.45) is 0 Å². The van der Waals surface area contributed by atoms with E-state index in [4.69, 9.17) is 20.1 Å². The first-order valence-electron chi connectivity index (χ1n) is 6.52. The Labute approximate surface area is 76.8 Å². The lowest BCUT2D eigenvalue weighted by atomic mass is 10.3. The lowest BCUT2D eigenvalue weighted by molar-refractivity contribution is 0.242. The zero-order valence-electron chi connectivity index (χ0n) is 12.8. The van der Waals surface area contributed by atoms with Crippen molar-refractivity contribution < 1.29 is 14.3 Å². The van der Waals surface area contributed by atoms with E-state index in [2.05, 4.69) is 0 Å². The van der Waals surface area contributed by atoms with Crippen LogP contribution in [0.5, 0.6) is 5.75 Å². The Morgan fingerprint density at radius 3 is 2.64 bits per heavy atom. The molecule has 2 N–H and O–H groups in total. The summed E-state index contributed by atoms with van der Waals surface area (Å²) in [7, 11) is 0. The second kappa shape index (κ2) is 3.28. The Morgan fingerprint density at radius 2 is 2.09 bits per heavy atom. The average molecular weight is 158 g/mol. The van der Waals surface area contributed by atoms with Crippen LogP contribution in [0.4, 0.5) is 5.69 Å². The van der Waals surface area contributed by atoms with Gasteiger partial charge in [-0.3, -0.25) is 0 Å². The molecule has 0 spiro atoms. The molecule has 0 heterocycles. The molecule has 1 rings (SSSR count). The van der Waals surface area contributed by atoms with E-state index in [9.17, 15) is 0 Å². The van der Waals surface area contributed by atoms with Gasteiger partial charge in [-0.2, -0.15) is 0 Å². The van der Waals surface area contributed by atoms with Crippen molar-refractivity contribution in [1.82, 2.24) is 0 Å². The van der Waals surface area contributed by atoms with Crippen LogP contribution in [0.2, 0.25) is 0 Å². The Bertz CT molecular complexity index is 394. The highest BCUT2D eigenvalue weighted by atomic mass is 16.5. The van der Waals surface area contributed by atoms with Crippen LogP contribution in [0.3, 0.4) is 0 Å². The van der Waals surface area contributed by atoms with Gasteiger partial charge in [0.25, 0.3) is 0 Å². The largest absolute Gasteiger partial charge is 0.491 e. The summed E-state index contributed by atoms with van der Waals surface area (Å²) in [5.41, 5.74) is 5.85. The van der Waals surface area contributed by atoms with Crippen molar-refractivity contribution in [2.45, 2.75) is 19.8 Å². The van der Waals surface area contributed by atoms with Gasteiger partial charge in [-0.25, -0.2) is 0 Å². The van der Waals surface area contributed by atoms with Crippen LogP contribution in [0.1, 0.15) is 23.3 Å². The first kappa shape index (κ1) is 2.70. The highest BCUT2D eigenvalue weighted by Crippen LogP contribution is 2.14. The van der Waals surface area contributed by atoms with E-state index in [1.165, 1.54) is 24.3 Å². The quantitative estimate of drug-likeness (QED) is 0.669. The number of nitrogen functional groups attached to an aromatic ring is 1. The van der Waals surface area contributed by atoms with Gasteiger partial charge < -0.3 is 10.5 Å². The predicted molar refractivity (Wildman–Crippen MR) is 46.6 cm³/mol. The molecule has 0 saturated carbocycles. The molecule has 1 aromatic carbocycles. The van der Waals surface area contributed by atoms with Crippen LogP contribution in [0.15, 0.2) is 24.3 Å². The SMILES string of the molecule is [2H]C([2H])([2H])C([2H])(Oc1ccc(N)cc1)C([2H])([2H])[2H]. The number of benzene rings is 1. The standard InChI is InChI=1S/C9H13NO/c1-7(2)11-9-5-3-8(10)4-6-9/h3-7H,10H2,1-2H3/i1D3,2D3,7D. The third kappa shape index (κ3) is 2.50. The third-order valence-corrected chi connectivity index (χ3v) is 1.10. The molecule has 0 radical (unpaired) electrons. The first-order valence-corrected chi connectivity index (χ1v) is 3.02. The first-order chi connectivity index (χ1) is 7.97. The number of ether oxygens (including phenoxy) is 1. The van der Waals surface area contributed by atoms with E-state index in [1.54, 1.807) is 0 Å². The number of anilines is 1. The molecule has 2 heteroatoms. The zero-order valence-corrected chi connectivity index (χ0v) is 5.79. The van der Waals surface area contributed by atoms with Gasteiger partial charge in [0.1, 0.15) is 5.75 Å². The molecular formula is C9H13NO. The van der Waals surface area contributed by atoms with Gasteiger partial charge in [0.15, 0.2) is 0 Å². The van der Waals surface area contributed by atoms with Gasteiger partial charge in [0.05, 0.1) is 7.45 Å². The summed E-state index contributed by atoms with van der Waals surface area (Å²) >= 11 is 0. The summed E-state index contributed by atoms with van der Waals surface area (Å²) in [6.07, 6.45) is -3.02. The molecule has 0 amide bonds. The molecule has 0 saturated heterocycles. The van der Waals surface area contributed by atoms with E-state index in [0.717, 1.165) is 0 Å². The predicted octanol–water partition coefficient (Wildman–Crippen LogP) is 2.06.